The Bertz CT molecular complexity index is 1240. The summed E-state index contributed by atoms with van der Waals surface area (Å²) in [7, 11) is 0. The molecule has 1 fully saturated rings. The second kappa shape index (κ2) is 10.5. The van der Waals surface area contributed by atoms with E-state index in [2.05, 4.69) is 25.2 Å². The average Bonchev–Trinajstić information content (AvgIpc) is 3.36. The molecule has 1 N–H and O–H groups in total. The summed E-state index contributed by atoms with van der Waals surface area (Å²) >= 11 is 0. The topological polar surface area (TPSA) is 85.5 Å². The van der Waals surface area contributed by atoms with Gasteiger partial charge in [0.05, 0.1) is 25.0 Å². The van der Waals surface area contributed by atoms with Crippen LogP contribution in [0.2, 0.25) is 0 Å². The molecule has 1 aliphatic heterocycles. The lowest BCUT2D eigenvalue weighted by atomic mass is 10.2. The first-order valence-corrected chi connectivity index (χ1v) is 11.4. The largest absolute Gasteiger partial charge is 0.491 e. The minimum absolute atomic E-state index is 0.498. The van der Waals surface area contributed by atoms with Gasteiger partial charge < -0.3 is 19.2 Å². The number of para-hydroxylation sites is 1. The SMILES string of the molecule is Cc1ccnc(Nc2cccc(-c3cnc(-c4ccccc4OCCN4CCOCC4)o3)n2)c1. The molecular weight excluding hydrogens is 430 g/mol. The number of pyridine rings is 2. The molecule has 34 heavy (non-hydrogen) atoms. The molecule has 1 aromatic carbocycles. The summed E-state index contributed by atoms with van der Waals surface area (Å²) in [5.74, 6) is 3.25. The lowest BCUT2D eigenvalue weighted by Gasteiger charge is -2.26. The number of nitrogens with one attached hydrogen (secondary N) is 1. The Balaban J connectivity index is 1.29. The highest BCUT2D eigenvalue weighted by Crippen LogP contribution is 2.32. The van der Waals surface area contributed by atoms with Gasteiger partial charge in [0.15, 0.2) is 5.76 Å². The van der Waals surface area contributed by atoms with Crippen LogP contribution in [0.15, 0.2) is 71.4 Å². The number of hydrogen-bond donors (Lipinski definition) is 1. The summed E-state index contributed by atoms with van der Waals surface area (Å²) in [6.07, 6.45) is 3.46. The molecule has 1 saturated heterocycles. The molecule has 4 aromatic rings. The van der Waals surface area contributed by atoms with Crippen molar-refractivity contribution in [3.05, 3.63) is 72.6 Å². The average molecular weight is 458 g/mol. The van der Waals surface area contributed by atoms with Crippen LogP contribution in [-0.4, -0.2) is 59.3 Å². The molecule has 0 unspecified atom stereocenters. The normalized spacial score (nSPS) is 14.1. The van der Waals surface area contributed by atoms with Gasteiger partial charge in [0.1, 0.15) is 29.7 Å². The van der Waals surface area contributed by atoms with Gasteiger partial charge in [-0.05, 0) is 48.9 Å². The molecule has 8 heteroatoms. The second-order valence-electron chi connectivity index (χ2n) is 8.08. The Labute approximate surface area is 198 Å². The number of rotatable bonds is 8. The molecule has 0 amide bonds. The van der Waals surface area contributed by atoms with Crippen LogP contribution in [-0.2, 0) is 4.74 Å². The van der Waals surface area contributed by atoms with Crippen LogP contribution < -0.4 is 10.1 Å². The summed E-state index contributed by atoms with van der Waals surface area (Å²) in [6.45, 7) is 6.91. The van der Waals surface area contributed by atoms with Gasteiger partial charge in [-0.25, -0.2) is 15.0 Å². The summed E-state index contributed by atoms with van der Waals surface area (Å²) < 4.78 is 17.6. The van der Waals surface area contributed by atoms with Gasteiger partial charge in [0.25, 0.3) is 0 Å². The van der Waals surface area contributed by atoms with Crippen LogP contribution in [0.3, 0.4) is 0 Å². The molecule has 174 valence electrons. The highest BCUT2D eigenvalue weighted by molar-refractivity contribution is 5.65. The predicted octanol–water partition coefficient (Wildman–Crippen LogP) is 4.56. The highest BCUT2D eigenvalue weighted by Gasteiger charge is 2.15. The molecule has 0 aliphatic carbocycles. The third-order valence-corrected chi connectivity index (χ3v) is 5.57. The fourth-order valence-corrected chi connectivity index (χ4v) is 3.77. The van der Waals surface area contributed by atoms with Crippen molar-refractivity contribution in [2.24, 2.45) is 0 Å². The van der Waals surface area contributed by atoms with Gasteiger partial charge >= 0.3 is 0 Å². The number of aromatic nitrogens is 3. The number of hydrogen-bond acceptors (Lipinski definition) is 8. The van der Waals surface area contributed by atoms with Gasteiger partial charge in [-0.3, -0.25) is 4.90 Å². The van der Waals surface area contributed by atoms with Crippen LogP contribution in [0, 0.1) is 6.92 Å². The summed E-state index contributed by atoms with van der Waals surface area (Å²) in [5.41, 5.74) is 2.62. The van der Waals surface area contributed by atoms with Crippen molar-refractivity contribution < 1.29 is 13.9 Å². The van der Waals surface area contributed by atoms with Gasteiger partial charge in [-0.15, -0.1) is 0 Å². The predicted molar refractivity (Wildman–Crippen MR) is 130 cm³/mol. The van der Waals surface area contributed by atoms with Crippen molar-refractivity contribution in [3.8, 4) is 28.7 Å². The smallest absolute Gasteiger partial charge is 0.230 e. The highest BCUT2D eigenvalue weighted by atomic mass is 16.5. The molecule has 3 aromatic heterocycles. The molecule has 8 nitrogen and oxygen atoms in total. The van der Waals surface area contributed by atoms with Gasteiger partial charge in [-0.1, -0.05) is 18.2 Å². The third-order valence-electron chi connectivity index (χ3n) is 5.57. The number of benzene rings is 1. The molecule has 0 atom stereocenters. The maximum absolute atomic E-state index is 6.09. The van der Waals surface area contributed by atoms with E-state index in [9.17, 15) is 0 Å². The van der Waals surface area contributed by atoms with Crippen LogP contribution in [0.4, 0.5) is 11.6 Å². The zero-order valence-corrected chi connectivity index (χ0v) is 19.1. The Morgan fingerprint density at radius 2 is 1.88 bits per heavy atom. The van der Waals surface area contributed by atoms with Crippen LogP contribution in [0.1, 0.15) is 5.56 Å². The van der Waals surface area contributed by atoms with Crippen molar-refractivity contribution in [2.45, 2.75) is 6.92 Å². The number of oxazole rings is 1. The summed E-state index contributed by atoms with van der Waals surface area (Å²) in [6, 6.07) is 17.4. The number of anilines is 2. The number of nitrogens with zero attached hydrogens (tertiary/aromatic N) is 4. The maximum Gasteiger partial charge on any atom is 0.230 e. The molecule has 5 rings (SSSR count). The van der Waals surface area contributed by atoms with E-state index in [1.54, 1.807) is 12.4 Å². The van der Waals surface area contributed by atoms with E-state index < -0.39 is 0 Å². The van der Waals surface area contributed by atoms with E-state index in [1.165, 1.54) is 0 Å². The van der Waals surface area contributed by atoms with Crippen molar-refractivity contribution in [2.75, 3.05) is 44.8 Å². The molecule has 0 saturated carbocycles. The zero-order chi connectivity index (χ0) is 23.2. The van der Waals surface area contributed by atoms with Crippen LogP contribution in [0.5, 0.6) is 5.75 Å². The lowest BCUT2D eigenvalue weighted by Crippen LogP contribution is -2.38. The van der Waals surface area contributed by atoms with Gasteiger partial charge in [-0.2, -0.15) is 0 Å². The first-order valence-electron chi connectivity index (χ1n) is 11.4. The Kier molecular flexibility index (Phi) is 6.78. The van der Waals surface area contributed by atoms with Crippen molar-refractivity contribution >= 4 is 11.6 Å². The van der Waals surface area contributed by atoms with Crippen LogP contribution in [0.25, 0.3) is 22.9 Å². The summed E-state index contributed by atoms with van der Waals surface area (Å²) in [4.78, 5) is 15.8. The fourth-order valence-electron chi connectivity index (χ4n) is 3.77. The lowest BCUT2D eigenvalue weighted by molar-refractivity contribution is 0.0323. The molecule has 1 aliphatic rings. The van der Waals surface area contributed by atoms with E-state index in [0.717, 1.165) is 55.5 Å². The van der Waals surface area contributed by atoms with Gasteiger partial charge in [0.2, 0.25) is 5.89 Å². The molecule has 4 heterocycles. The zero-order valence-electron chi connectivity index (χ0n) is 19.1. The van der Waals surface area contributed by atoms with Gasteiger partial charge in [0, 0.05) is 25.8 Å². The Morgan fingerprint density at radius 1 is 1.00 bits per heavy atom. The standard InChI is InChI=1S/C26H27N5O3/c1-19-9-10-27-25(17-19)30-24-8-4-6-21(29-24)23-18-28-26(34-23)20-5-2-3-7-22(20)33-16-13-31-11-14-32-15-12-31/h2-10,17-18H,11-16H2,1H3,(H,27,29,30). The van der Waals surface area contributed by atoms with E-state index in [4.69, 9.17) is 13.9 Å². The van der Waals surface area contributed by atoms with Crippen molar-refractivity contribution in [1.29, 1.82) is 0 Å². The Morgan fingerprint density at radius 3 is 2.76 bits per heavy atom. The first kappa shape index (κ1) is 22.1. The monoisotopic (exact) mass is 457 g/mol. The maximum atomic E-state index is 6.09. The van der Waals surface area contributed by atoms with E-state index in [-0.39, 0.29) is 0 Å². The van der Waals surface area contributed by atoms with Crippen molar-refractivity contribution in [1.82, 2.24) is 19.9 Å². The van der Waals surface area contributed by atoms with Crippen molar-refractivity contribution in [3.63, 3.8) is 0 Å². The number of ether oxygens (including phenoxy) is 2. The van der Waals surface area contributed by atoms with E-state index in [1.807, 2.05) is 61.5 Å². The second-order valence-corrected chi connectivity index (χ2v) is 8.08. The number of morpholine rings is 1. The van der Waals surface area contributed by atoms with E-state index in [0.29, 0.717) is 29.8 Å². The number of aryl methyl sites for hydroxylation is 1. The minimum Gasteiger partial charge on any atom is -0.491 e. The Hall–Kier alpha value is -3.75. The molecular formula is C26H27N5O3. The first-order chi connectivity index (χ1) is 16.7. The molecule has 0 radical (unpaired) electrons. The minimum atomic E-state index is 0.498. The fraction of sp³-hybridized carbons (Fsp3) is 0.269. The van der Waals surface area contributed by atoms with Crippen LogP contribution >= 0.6 is 0 Å². The third kappa shape index (κ3) is 5.41. The summed E-state index contributed by atoms with van der Waals surface area (Å²) in [5, 5.41) is 3.24. The van der Waals surface area contributed by atoms with E-state index >= 15 is 0 Å². The molecule has 0 bridgehead atoms. The molecule has 0 spiro atoms. The quantitative estimate of drug-likeness (QED) is 0.412.